The van der Waals surface area contributed by atoms with Gasteiger partial charge in [0.1, 0.15) is 5.69 Å². The van der Waals surface area contributed by atoms with Crippen LogP contribution < -0.4 is 11.1 Å². The number of alkyl halides is 3. The van der Waals surface area contributed by atoms with Crippen LogP contribution in [0.3, 0.4) is 0 Å². The van der Waals surface area contributed by atoms with Gasteiger partial charge in [-0.1, -0.05) is 0 Å². The molecule has 1 aliphatic rings. The normalized spacial score (nSPS) is 16.6. The van der Waals surface area contributed by atoms with Gasteiger partial charge in [-0.05, 0) is 31.8 Å². The lowest BCUT2D eigenvalue weighted by atomic mass is 9.96. The van der Waals surface area contributed by atoms with E-state index in [2.05, 4.69) is 14.9 Å². The fraction of sp³-hybridized carbons (Fsp3) is 0.529. The number of hydrogen-bond donors (Lipinski definition) is 0. The van der Waals surface area contributed by atoms with Gasteiger partial charge < -0.3 is 4.57 Å². The van der Waals surface area contributed by atoms with Crippen molar-refractivity contribution in [3.63, 3.8) is 0 Å². The summed E-state index contributed by atoms with van der Waals surface area (Å²) in [6.45, 7) is 2.26. The van der Waals surface area contributed by atoms with Crippen molar-refractivity contribution < 1.29 is 13.2 Å². The molecule has 0 bridgehead atoms. The molecule has 0 N–H and O–H groups in total. The Morgan fingerprint density at radius 2 is 1.89 bits per heavy atom. The summed E-state index contributed by atoms with van der Waals surface area (Å²) in [5.41, 5.74) is -1.50. The summed E-state index contributed by atoms with van der Waals surface area (Å²) in [5, 5.41) is 0. The van der Waals surface area contributed by atoms with E-state index in [1.165, 1.54) is 9.13 Å². The van der Waals surface area contributed by atoms with Crippen molar-refractivity contribution in [2.75, 3.05) is 13.1 Å². The second-order valence-corrected chi connectivity index (χ2v) is 6.77. The van der Waals surface area contributed by atoms with Crippen LogP contribution in [0.5, 0.6) is 0 Å². The molecule has 0 aliphatic carbocycles. The van der Waals surface area contributed by atoms with Crippen LogP contribution in [0.2, 0.25) is 0 Å². The van der Waals surface area contributed by atoms with Crippen LogP contribution in [-0.2, 0) is 26.3 Å². The quantitative estimate of drug-likeness (QED) is 0.795. The van der Waals surface area contributed by atoms with E-state index in [0.29, 0.717) is 24.8 Å². The molecule has 2 aromatic rings. The van der Waals surface area contributed by atoms with E-state index >= 15 is 0 Å². The molecule has 7 nitrogen and oxygen atoms in total. The minimum Gasteiger partial charge on any atom is -0.315 e. The van der Waals surface area contributed by atoms with E-state index in [0.717, 1.165) is 32.3 Å². The molecule has 2 aromatic heterocycles. The van der Waals surface area contributed by atoms with Crippen molar-refractivity contribution in [1.29, 1.82) is 0 Å². The van der Waals surface area contributed by atoms with Gasteiger partial charge in [0.25, 0.3) is 11.1 Å². The van der Waals surface area contributed by atoms with Crippen molar-refractivity contribution in [3.05, 3.63) is 56.9 Å². The first-order valence-corrected chi connectivity index (χ1v) is 8.60. The molecule has 1 aliphatic heterocycles. The third-order valence-electron chi connectivity index (χ3n) is 4.79. The van der Waals surface area contributed by atoms with Crippen molar-refractivity contribution in [2.24, 2.45) is 13.0 Å². The van der Waals surface area contributed by atoms with E-state index in [9.17, 15) is 22.8 Å². The SMILES string of the molecule is Cn1ccnc(CN2CCC(Cn3cnc(C(F)(F)F)cc3=O)CC2)c1=O. The summed E-state index contributed by atoms with van der Waals surface area (Å²) in [7, 11) is 1.68. The van der Waals surface area contributed by atoms with E-state index in [4.69, 9.17) is 0 Å². The smallest absolute Gasteiger partial charge is 0.315 e. The van der Waals surface area contributed by atoms with Crippen LogP contribution in [0, 0.1) is 5.92 Å². The molecule has 10 heteroatoms. The number of rotatable bonds is 4. The summed E-state index contributed by atoms with van der Waals surface area (Å²) in [6, 6.07) is 0.534. The Morgan fingerprint density at radius 1 is 1.19 bits per heavy atom. The number of aromatic nitrogens is 4. The minimum absolute atomic E-state index is 0.123. The molecule has 27 heavy (non-hydrogen) atoms. The highest BCUT2D eigenvalue weighted by molar-refractivity contribution is 5.04. The first-order valence-electron chi connectivity index (χ1n) is 8.60. The number of likely N-dealkylation sites (tertiary alicyclic amines) is 1. The summed E-state index contributed by atoms with van der Waals surface area (Å²) in [4.78, 5) is 33.5. The Balaban J connectivity index is 1.58. The highest BCUT2D eigenvalue weighted by atomic mass is 19.4. The molecule has 3 heterocycles. The third kappa shape index (κ3) is 4.62. The second-order valence-electron chi connectivity index (χ2n) is 6.77. The molecule has 0 unspecified atom stereocenters. The molecule has 0 spiro atoms. The van der Waals surface area contributed by atoms with Crippen LogP contribution in [0.15, 0.2) is 34.4 Å². The number of piperidine rings is 1. The molecule has 0 saturated carbocycles. The van der Waals surface area contributed by atoms with Gasteiger partial charge in [0.15, 0.2) is 5.69 Å². The number of nitrogens with zero attached hydrogens (tertiary/aromatic N) is 5. The van der Waals surface area contributed by atoms with Gasteiger partial charge in [0.2, 0.25) is 0 Å². The maximum absolute atomic E-state index is 12.6. The maximum atomic E-state index is 12.6. The van der Waals surface area contributed by atoms with E-state index in [1.54, 1.807) is 19.4 Å². The Labute approximate surface area is 153 Å². The standard InChI is InChI=1S/C17H20F3N5O2/c1-23-7-4-21-13(16(23)27)10-24-5-2-12(3-6-24)9-25-11-22-14(8-15(25)26)17(18,19)20/h4,7-8,11-12H,2-3,5-6,9-10H2,1H3. The van der Waals surface area contributed by atoms with Crippen LogP contribution in [0.4, 0.5) is 13.2 Å². The second kappa shape index (κ2) is 7.63. The van der Waals surface area contributed by atoms with Crippen molar-refractivity contribution in [2.45, 2.75) is 32.1 Å². The Hall–Kier alpha value is -2.49. The Kier molecular flexibility index (Phi) is 5.45. The fourth-order valence-corrected chi connectivity index (χ4v) is 3.19. The first-order chi connectivity index (χ1) is 12.7. The average Bonchev–Trinajstić information content (AvgIpc) is 2.61. The van der Waals surface area contributed by atoms with Crippen LogP contribution in [0.1, 0.15) is 24.2 Å². The zero-order chi connectivity index (χ0) is 19.6. The summed E-state index contributed by atoms with van der Waals surface area (Å²) < 4.78 is 40.5. The predicted octanol–water partition coefficient (Wildman–Crippen LogP) is 1.27. The van der Waals surface area contributed by atoms with Gasteiger partial charge in [0.05, 0.1) is 6.33 Å². The molecule has 3 rings (SSSR count). The highest BCUT2D eigenvalue weighted by Crippen LogP contribution is 2.26. The average molecular weight is 383 g/mol. The zero-order valence-corrected chi connectivity index (χ0v) is 14.8. The van der Waals surface area contributed by atoms with Crippen molar-refractivity contribution >= 4 is 0 Å². The van der Waals surface area contributed by atoms with Gasteiger partial charge in [-0.2, -0.15) is 13.2 Å². The van der Waals surface area contributed by atoms with Gasteiger partial charge >= 0.3 is 6.18 Å². The van der Waals surface area contributed by atoms with Crippen LogP contribution in [0.25, 0.3) is 0 Å². The highest BCUT2D eigenvalue weighted by Gasteiger charge is 2.33. The van der Waals surface area contributed by atoms with E-state index in [1.807, 2.05) is 0 Å². The summed E-state index contributed by atoms with van der Waals surface area (Å²) in [6.07, 6.45) is 1.10. The molecule has 0 atom stereocenters. The van der Waals surface area contributed by atoms with Crippen LogP contribution >= 0.6 is 0 Å². The topological polar surface area (TPSA) is 73.0 Å². The van der Waals surface area contributed by atoms with Gasteiger partial charge in [-0.25, -0.2) is 4.98 Å². The maximum Gasteiger partial charge on any atom is 0.433 e. The Bertz CT molecular complexity index is 914. The van der Waals surface area contributed by atoms with E-state index < -0.39 is 17.4 Å². The molecule has 146 valence electrons. The third-order valence-corrected chi connectivity index (χ3v) is 4.79. The fourth-order valence-electron chi connectivity index (χ4n) is 3.19. The lowest BCUT2D eigenvalue weighted by molar-refractivity contribution is -0.141. The molecular formula is C17H20F3N5O2. The minimum atomic E-state index is -4.62. The molecule has 1 fully saturated rings. The van der Waals surface area contributed by atoms with Crippen molar-refractivity contribution in [1.82, 2.24) is 24.0 Å². The molecular weight excluding hydrogens is 363 g/mol. The number of aryl methyl sites for hydroxylation is 1. The van der Waals surface area contributed by atoms with Crippen LogP contribution in [-0.4, -0.2) is 37.1 Å². The largest absolute Gasteiger partial charge is 0.433 e. The van der Waals surface area contributed by atoms with E-state index in [-0.39, 0.29) is 11.5 Å². The lowest BCUT2D eigenvalue weighted by Crippen LogP contribution is -2.38. The first kappa shape index (κ1) is 19.3. The monoisotopic (exact) mass is 383 g/mol. The van der Waals surface area contributed by atoms with Crippen molar-refractivity contribution in [3.8, 4) is 0 Å². The summed E-state index contributed by atoms with van der Waals surface area (Å²) in [5.74, 6) is 0.170. The number of hydrogen-bond acceptors (Lipinski definition) is 5. The van der Waals surface area contributed by atoms with Gasteiger partial charge in [0, 0.05) is 38.6 Å². The predicted molar refractivity (Wildman–Crippen MR) is 91.0 cm³/mol. The zero-order valence-electron chi connectivity index (χ0n) is 14.8. The van der Waals surface area contributed by atoms with Gasteiger partial charge in [-0.3, -0.25) is 24.0 Å². The lowest BCUT2D eigenvalue weighted by Gasteiger charge is -2.31. The molecule has 0 aromatic carbocycles. The molecule has 1 saturated heterocycles. The summed E-state index contributed by atoms with van der Waals surface area (Å²) >= 11 is 0. The molecule has 0 amide bonds. The van der Waals surface area contributed by atoms with Gasteiger partial charge in [-0.15, -0.1) is 0 Å². The number of halogens is 3. The molecule has 0 radical (unpaired) electrons. The Morgan fingerprint density at radius 3 is 2.52 bits per heavy atom.